The molecule has 4 heteroatoms. The van der Waals surface area contributed by atoms with Crippen LogP contribution in [-0.2, 0) is 6.61 Å². The summed E-state index contributed by atoms with van der Waals surface area (Å²) < 4.78 is 5.17. The lowest BCUT2D eigenvalue weighted by molar-refractivity contribution is 0.0693. The zero-order valence-electron chi connectivity index (χ0n) is 9.92. The Labute approximate surface area is 109 Å². The molecule has 1 aliphatic heterocycles. The van der Waals surface area contributed by atoms with Crippen molar-refractivity contribution in [3.8, 4) is 5.75 Å². The molecule has 0 bridgehead atoms. The molecular weight excluding hydrogens is 244 g/mol. The van der Waals surface area contributed by atoms with E-state index in [4.69, 9.17) is 9.84 Å². The van der Waals surface area contributed by atoms with Crippen molar-refractivity contribution in [2.45, 2.75) is 6.61 Å². The fourth-order valence-electron chi connectivity index (χ4n) is 2.07. The van der Waals surface area contributed by atoms with Crippen LogP contribution >= 0.6 is 0 Å². The van der Waals surface area contributed by atoms with Crippen molar-refractivity contribution in [2.75, 3.05) is 0 Å². The van der Waals surface area contributed by atoms with Gasteiger partial charge in [0.1, 0.15) is 12.4 Å². The van der Waals surface area contributed by atoms with E-state index in [1.807, 2.05) is 0 Å². The van der Waals surface area contributed by atoms with Crippen LogP contribution in [0.1, 0.15) is 31.8 Å². The van der Waals surface area contributed by atoms with E-state index in [-0.39, 0.29) is 16.9 Å². The van der Waals surface area contributed by atoms with Crippen LogP contribution in [0.3, 0.4) is 0 Å². The van der Waals surface area contributed by atoms with Gasteiger partial charge in [0.05, 0.1) is 5.56 Å². The number of carboxylic acids is 1. The maximum absolute atomic E-state index is 12.4. The van der Waals surface area contributed by atoms with Crippen molar-refractivity contribution in [1.29, 1.82) is 0 Å². The average Bonchev–Trinajstić information content (AvgIpc) is 2.39. The Balaban J connectivity index is 2.04. The van der Waals surface area contributed by atoms with Crippen LogP contribution < -0.4 is 4.74 Å². The molecule has 1 heterocycles. The quantitative estimate of drug-likeness (QED) is 0.855. The second kappa shape index (κ2) is 4.24. The number of carbonyl (C=O) groups is 2. The van der Waals surface area contributed by atoms with Crippen molar-refractivity contribution in [3.05, 3.63) is 64.7 Å². The standard InChI is InChI=1S/C15H10O4/c16-14(9-5-6-13-10(7-9)8-19-13)11-3-1-2-4-12(11)15(17)18/h1-7H,8H2,(H,17,18). The van der Waals surface area contributed by atoms with Crippen LogP contribution in [0.5, 0.6) is 5.75 Å². The van der Waals surface area contributed by atoms with Crippen LogP contribution in [0.15, 0.2) is 42.5 Å². The van der Waals surface area contributed by atoms with E-state index >= 15 is 0 Å². The number of aromatic carboxylic acids is 1. The Morgan fingerprint density at radius 2 is 1.79 bits per heavy atom. The molecule has 94 valence electrons. The number of hydrogen-bond acceptors (Lipinski definition) is 3. The summed E-state index contributed by atoms with van der Waals surface area (Å²) in [5.41, 5.74) is 1.68. The molecule has 2 aromatic carbocycles. The van der Waals surface area contributed by atoms with Crippen molar-refractivity contribution < 1.29 is 19.4 Å². The number of rotatable bonds is 3. The maximum Gasteiger partial charge on any atom is 0.336 e. The zero-order valence-corrected chi connectivity index (χ0v) is 9.92. The second-order valence-corrected chi connectivity index (χ2v) is 4.29. The number of carbonyl (C=O) groups excluding carboxylic acids is 1. The first-order valence-corrected chi connectivity index (χ1v) is 5.79. The smallest absolute Gasteiger partial charge is 0.336 e. The number of fused-ring (bicyclic) bond motifs is 1. The Morgan fingerprint density at radius 3 is 2.37 bits per heavy atom. The highest BCUT2D eigenvalue weighted by atomic mass is 16.5. The van der Waals surface area contributed by atoms with Gasteiger partial charge in [0.2, 0.25) is 0 Å². The SMILES string of the molecule is O=C(O)c1ccccc1C(=O)c1ccc2c(c1)CO2. The summed E-state index contributed by atoms with van der Waals surface area (Å²) in [7, 11) is 0. The predicted octanol–water partition coefficient (Wildman–Crippen LogP) is 2.51. The lowest BCUT2D eigenvalue weighted by Gasteiger charge is -2.20. The van der Waals surface area contributed by atoms with E-state index < -0.39 is 5.97 Å². The molecular formula is C15H10O4. The molecule has 0 amide bonds. The van der Waals surface area contributed by atoms with E-state index in [2.05, 4.69) is 0 Å². The van der Waals surface area contributed by atoms with Gasteiger partial charge in [-0.05, 0) is 24.3 Å². The topological polar surface area (TPSA) is 63.6 Å². The zero-order chi connectivity index (χ0) is 13.4. The summed E-state index contributed by atoms with van der Waals surface area (Å²) in [4.78, 5) is 23.5. The monoisotopic (exact) mass is 254 g/mol. The molecule has 0 unspecified atom stereocenters. The van der Waals surface area contributed by atoms with E-state index in [1.165, 1.54) is 12.1 Å². The summed E-state index contributed by atoms with van der Waals surface area (Å²) in [6, 6.07) is 11.4. The minimum Gasteiger partial charge on any atom is -0.488 e. The van der Waals surface area contributed by atoms with E-state index in [0.717, 1.165) is 11.3 Å². The lowest BCUT2D eigenvalue weighted by Crippen LogP contribution is -2.13. The van der Waals surface area contributed by atoms with Crippen molar-refractivity contribution >= 4 is 11.8 Å². The maximum atomic E-state index is 12.4. The third-order valence-electron chi connectivity index (χ3n) is 3.11. The van der Waals surface area contributed by atoms with Gasteiger partial charge >= 0.3 is 5.97 Å². The third kappa shape index (κ3) is 1.87. The molecule has 3 rings (SSSR count). The molecule has 1 aliphatic rings. The average molecular weight is 254 g/mol. The number of benzene rings is 2. The molecule has 0 fully saturated rings. The molecule has 19 heavy (non-hydrogen) atoms. The van der Waals surface area contributed by atoms with Crippen molar-refractivity contribution in [1.82, 2.24) is 0 Å². The highest BCUT2D eigenvalue weighted by Crippen LogP contribution is 2.30. The normalized spacial score (nSPS) is 12.0. The number of carboxylic acid groups (broad SMARTS) is 1. The third-order valence-corrected chi connectivity index (χ3v) is 3.11. The van der Waals surface area contributed by atoms with E-state index in [0.29, 0.717) is 12.2 Å². The van der Waals surface area contributed by atoms with Gasteiger partial charge in [-0.2, -0.15) is 0 Å². The van der Waals surface area contributed by atoms with Crippen LogP contribution in [-0.4, -0.2) is 16.9 Å². The molecule has 0 saturated carbocycles. The van der Waals surface area contributed by atoms with Gasteiger partial charge in [0, 0.05) is 16.7 Å². The van der Waals surface area contributed by atoms with Crippen LogP contribution in [0.25, 0.3) is 0 Å². The fraction of sp³-hybridized carbons (Fsp3) is 0.0667. The fourth-order valence-corrected chi connectivity index (χ4v) is 2.07. The molecule has 0 spiro atoms. The van der Waals surface area contributed by atoms with E-state index in [9.17, 15) is 9.59 Å². The Morgan fingerprint density at radius 1 is 1.05 bits per heavy atom. The van der Waals surface area contributed by atoms with Gasteiger partial charge in [0.25, 0.3) is 0 Å². The van der Waals surface area contributed by atoms with Gasteiger partial charge in [-0.3, -0.25) is 4.79 Å². The Bertz CT molecular complexity index is 688. The highest BCUT2D eigenvalue weighted by molar-refractivity contribution is 6.14. The molecule has 0 aliphatic carbocycles. The van der Waals surface area contributed by atoms with Crippen LogP contribution in [0, 0.1) is 0 Å². The van der Waals surface area contributed by atoms with Crippen LogP contribution in [0.2, 0.25) is 0 Å². The van der Waals surface area contributed by atoms with Crippen LogP contribution in [0.4, 0.5) is 0 Å². The molecule has 0 saturated heterocycles. The first-order valence-electron chi connectivity index (χ1n) is 5.79. The van der Waals surface area contributed by atoms with Gasteiger partial charge in [-0.15, -0.1) is 0 Å². The summed E-state index contributed by atoms with van der Waals surface area (Å²) >= 11 is 0. The summed E-state index contributed by atoms with van der Waals surface area (Å²) in [5.74, 6) is -0.605. The van der Waals surface area contributed by atoms with E-state index in [1.54, 1.807) is 30.3 Å². The molecule has 1 N–H and O–H groups in total. The second-order valence-electron chi connectivity index (χ2n) is 4.29. The van der Waals surface area contributed by atoms with Gasteiger partial charge < -0.3 is 9.84 Å². The van der Waals surface area contributed by atoms with Gasteiger partial charge in [-0.1, -0.05) is 18.2 Å². The minimum atomic E-state index is -1.10. The summed E-state index contributed by atoms with van der Waals surface area (Å²) in [6.07, 6.45) is 0. The predicted molar refractivity (Wildman–Crippen MR) is 67.6 cm³/mol. The number of ether oxygens (including phenoxy) is 1. The summed E-state index contributed by atoms with van der Waals surface area (Å²) in [6.45, 7) is 0.497. The largest absolute Gasteiger partial charge is 0.488 e. The first-order chi connectivity index (χ1) is 9.16. The van der Waals surface area contributed by atoms with Crippen molar-refractivity contribution in [3.63, 3.8) is 0 Å². The number of ketones is 1. The minimum absolute atomic E-state index is 0.0198. The van der Waals surface area contributed by atoms with Gasteiger partial charge in [0.15, 0.2) is 5.78 Å². The summed E-state index contributed by atoms with van der Waals surface area (Å²) in [5, 5.41) is 9.10. The lowest BCUT2D eigenvalue weighted by atomic mass is 9.96. The molecule has 2 aromatic rings. The van der Waals surface area contributed by atoms with Gasteiger partial charge in [-0.25, -0.2) is 4.79 Å². The highest BCUT2D eigenvalue weighted by Gasteiger charge is 2.21. The molecule has 4 nitrogen and oxygen atoms in total. The number of hydrogen-bond donors (Lipinski definition) is 1. The first kappa shape index (κ1) is 11.5. The molecule has 0 aromatic heterocycles. The Kier molecular flexibility index (Phi) is 2.56. The molecule has 0 atom stereocenters. The molecule has 0 radical (unpaired) electrons. The Hall–Kier alpha value is -2.62. The van der Waals surface area contributed by atoms with Crippen molar-refractivity contribution in [2.24, 2.45) is 0 Å².